The Morgan fingerprint density at radius 3 is 2.75 bits per heavy atom. The second-order valence-electron chi connectivity index (χ2n) is 3.52. The zero-order valence-corrected chi connectivity index (χ0v) is 9.39. The van der Waals surface area contributed by atoms with Gasteiger partial charge in [0.2, 0.25) is 0 Å². The molecule has 0 aliphatic carbocycles. The molecule has 0 atom stereocenters. The summed E-state index contributed by atoms with van der Waals surface area (Å²) in [5.74, 6) is -0.386. The molecule has 0 saturated carbocycles. The van der Waals surface area contributed by atoms with Crippen molar-refractivity contribution in [2.24, 2.45) is 0 Å². The lowest BCUT2D eigenvalue weighted by atomic mass is 10.2. The quantitative estimate of drug-likeness (QED) is 0.723. The van der Waals surface area contributed by atoms with Gasteiger partial charge in [-0.05, 0) is 31.2 Å². The van der Waals surface area contributed by atoms with E-state index >= 15 is 0 Å². The summed E-state index contributed by atoms with van der Waals surface area (Å²) in [6.45, 7) is 4.63. The molecule has 3 nitrogen and oxygen atoms in total. The number of nitriles is 1. The summed E-state index contributed by atoms with van der Waals surface area (Å²) in [4.78, 5) is 0. The lowest BCUT2D eigenvalue weighted by Gasteiger charge is -2.07. The van der Waals surface area contributed by atoms with E-state index in [2.05, 4.69) is 17.6 Å². The van der Waals surface area contributed by atoms with Crippen LogP contribution in [-0.4, -0.2) is 19.6 Å². The highest BCUT2D eigenvalue weighted by Gasteiger charge is 1.99. The first-order valence-corrected chi connectivity index (χ1v) is 5.41. The summed E-state index contributed by atoms with van der Waals surface area (Å²) < 4.78 is 13.0. The molecule has 0 saturated heterocycles. The summed E-state index contributed by atoms with van der Waals surface area (Å²) in [5.41, 5.74) is 0.985. The number of hydrogen-bond acceptors (Lipinski definition) is 3. The van der Waals surface area contributed by atoms with Crippen LogP contribution in [0.4, 0.5) is 10.1 Å². The molecule has 1 aromatic carbocycles. The van der Waals surface area contributed by atoms with Crippen LogP contribution in [0.15, 0.2) is 18.2 Å². The Morgan fingerprint density at radius 1 is 1.25 bits per heavy atom. The van der Waals surface area contributed by atoms with Crippen molar-refractivity contribution in [1.29, 1.82) is 5.26 Å². The maximum absolute atomic E-state index is 13.0. The molecule has 0 heterocycles. The van der Waals surface area contributed by atoms with E-state index in [1.165, 1.54) is 12.1 Å². The fraction of sp³-hybridized carbons (Fsp3) is 0.417. The molecule has 0 unspecified atom stereocenters. The van der Waals surface area contributed by atoms with E-state index in [0.717, 1.165) is 19.5 Å². The molecule has 0 aliphatic rings. The number of benzene rings is 1. The molecule has 0 aromatic heterocycles. The van der Waals surface area contributed by atoms with Gasteiger partial charge in [-0.25, -0.2) is 4.39 Å². The number of anilines is 1. The third kappa shape index (κ3) is 4.28. The van der Waals surface area contributed by atoms with Gasteiger partial charge in [-0.15, -0.1) is 0 Å². The standard InChI is InChI=1S/C12H16FN3/c1-2-3-15-4-5-16-12-7-10(9-14)6-11(13)8-12/h6-8,15-16H,2-5H2,1H3. The second kappa shape index (κ2) is 6.81. The van der Waals surface area contributed by atoms with E-state index in [0.29, 0.717) is 17.8 Å². The average molecular weight is 221 g/mol. The molecule has 0 spiro atoms. The number of hydrogen-bond donors (Lipinski definition) is 2. The van der Waals surface area contributed by atoms with Gasteiger partial charge in [0.25, 0.3) is 0 Å². The molecule has 16 heavy (non-hydrogen) atoms. The molecule has 0 bridgehead atoms. The number of nitrogens with zero attached hydrogens (tertiary/aromatic N) is 1. The van der Waals surface area contributed by atoms with Crippen molar-refractivity contribution in [2.45, 2.75) is 13.3 Å². The maximum Gasteiger partial charge on any atom is 0.126 e. The van der Waals surface area contributed by atoms with Crippen LogP contribution >= 0.6 is 0 Å². The monoisotopic (exact) mass is 221 g/mol. The summed E-state index contributed by atoms with van der Waals surface area (Å²) in [6.07, 6.45) is 1.10. The molecular weight excluding hydrogens is 205 g/mol. The predicted octanol–water partition coefficient (Wildman–Crippen LogP) is 2.11. The maximum atomic E-state index is 13.0. The minimum absolute atomic E-state index is 0.337. The fourth-order valence-corrected chi connectivity index (χ4v) is 1.35. The minimum Gasteiger partial charge on any atom is -0.384 e. The van der Waals surface area contributed by atoms with E-state index in [1.807, 2.05) is 6.07 Å². The van der Waals surface area contributed by atoms with Crippen LogP contribution in [0.25, 0.3) is 0 Å². The zero-order valence-electron chi connectivity index (χ0n) is 9.39. The normalized spacial score (nSPS) is 9.81. The van der Waals surface area contributed by atoms with E-state index in [-0.39, 0.29) is 5.82 Å². The third-order valence-electron chi connectivity index (χ3n) is 2.08. The van der Waals surface area contributed by atoms with Crippen LogP contribution in [0, 0.1) is 17.1 Å². The van der Waals surface area contributed by atoms with Crippen molar-refractivity contribution in [2.75, 3.05) is 25.0 Å². The lowest BCUT2D eigenvalue weighted by molar-refractivity contribution is 0.627. The topological polar surface area (TPSA) is 47.8 Å². The summed E-state index contributed by atoms with van der Waals surface area (Å²) in [7, 11) is 0. The van der Waals surface area contributed by atoms with Gasteiger partial charge in [0.15, 0.2) is 0 Å². The molecule has 4 heteroatoms. The molecule has 1 rings (SSSR count). The smallest absolute Gasteiger partial charge is 0.126 e. The van der Waals surface area contributed by atoms with Crippen molar-refractivity contribution in [3.63, 3.8) is 0 Å². The lowest BCUT2D eigenvalue weighted by Crippen LogP contribution is -2.22. The average Bonchev–Trinajstić information content (AvgIpc) is 2.28. The highest BCUT2D eigenvalue weighted by atomic mass is 19.1. The van der Waals surface area contributed by atoms with Gasteiger partial charge in [-0.2, -0.15) is 5.26 Å². The Hall–Kier alpha value is -1.60. The number of halogens is 1. The molecule has 0 amide bonds. The Kier molecular flexibility index (Phi) is 5.30. The minimum atomic E-state index is -0.386. The predicted molar refractivity (Wildman–Crippen MR) is 62.8 cm³/mol. The van der Waals surface area contributed by atoms with E-state index in [4.69, 9.17) is 5.26 Å². The van der Waals surface area contributed by atoms with Gasteiger partial charge in [-0.3, -0.25) is 0 Å². The third-order valence-corrected chi connectivity index (χ3v) is 2.08. The van der Waals surface area contributed by atoms with Gasteiger partial charge >= 0.3 is 0 Å². The molecule has 1 aromatic rings. The van der Waals surface area contributed by atoms with E-state index in [1.54, 1.807) is 6.07 Å². The van der Waals surface area contributed by atoms with E-state index < -0.39 is 0 Å². The summed E-state index contributed by atoms with van der Waals surface area (Å²) in [5, 5.41) is 15.0. The number of rotatable bonds is 6. The van der Waals surface area contributed by atoms with Crippen molar-refractivity contribution in [3.8, 4) is 6.07 Å². The van der Waals surface area contributed by atoms with Crippen LogP contribution in [0.3, 0.4) is 0 Å². The first kappa shape index (κ1) is 12.5. The Labute approximate surface area is 95.3 Å². The SMILES string of the molecule is CCCNCCNc1cc(F)cc(C#N)c1. The molecule has 2 N–H and O–H groups in total. The first-order valence-electron chi connectivity index (χ1n) is 5.41. The van der Waals surface area contributed by atoms with Crippen molar-refractivity contribution in [1.82, 2.24) is 5.32 Å². The van der Waals surface area contributed by atoms with Crippen molar-refractivity contribution in [3.05, 3.63) is 29.6 Å². The van der Waals surface area contributed by atoms with Crippen LogP contribution in [0.2, 0.25) is 0 Å². The van der Waals surface area contributed by atoms with Crippen molar-refractivity contribution < 1.29 is 4.39 Å². The zero-order chi connectivity index (χ0) is 11.8. The van der Waals surface area contributed by atoms with Crippen LogP contribution < -0.4 is 10.6 Å². The second-order valence-corrected chi connectivity index (χ2v) is 3.52. The fourth-order valence-electron chi connectivity index (χ4n) is 1.35. The Morgan fingerprint density at radius 2 is 2.06 bits per heavy atom. The first-order chi connectivity index (χ1) is 7.76. The van der Waals surface area contributed by atoms with Crippen LogP contribution in [-0.2, 0) is 0 Å². The number of nitrogens with one attached hydrogen (secondary N) is 2. The Balaban J connectivity index is 2.42. The molecule has 86 valence electrons. The highest BCUT2D eigenvalue weighted by molar-refractivity contribution is 5.49. The van der Waals surface area contributed by atoms with Gasteiger partial charge in [-0.1, -0.05) is 6.92 Å². The van der Waals surface area contributed by atoms with Crippen LogP contribution in [0.5, 0.6) is 0 Å². The largest absolute Gasteiger partial charge is 0.384 e. The van der Waals surface area contributed by atoms with Gasteiger partial charge in [0.1, 0.15) is 5.82 Å². The van der Waals surface area contributed by atoms with E-state index in [9.17, 15) is 4.39 Å². The molecule has 0 radical (unpaired) electrons. The summed E-state index contributed by atoms with van der Waals surface area (Å²) >= 11 is 0. The van der Waals surface area contributed by atoms with Crippen molar-refractivity contribution >= 4 is 5.69 Å². The molecule has 0 fully saturated rings. The van der Waals surface area contributed by atoms with Gasteiger partial charge in [0.05, 0.1) is 11.6 Å². The molecule has 0 aliphatic heterocycles. The summed E-state index contributed by atoms with van der Waals surface area (Å²) in [6, 6.07) is 6.18. The highest BCUT2D eigenvalue weighted by Crippen LogP contribution is 2.12. The Bertz CT molecular complexity index is 371. The van der Waals surface area contributed by atoms with Gasteiger partial charge < -0.3 is 10.6 Å². The van der Waals surface area contributed by atoms with Crippen LogP contribution in [0.1, 0.15) is 18.9 Å². The molecular formula is C12H16FN3. The van der Waals surface area contributed by atoms with Gasteiger partial charge in [0, 0.05) is 18.8 Å².